The van der Waals surface area contributed by atoms with Gasteiger partial charge in [0.25, 0.3) is 0 Å². The maximum Gasteiger partial charge on any atom is 0.00670 e. The average molecular weight is 222 g/mol. The molecule has 0 aliphatic heterocycles. The molecule has 0 heterocycles. The Bertz CT molecular complexity index is 509. The van der Waals surface area contributed by atoms with Crippen LogP contribution in [0.4, 0.5) is 0 Å². The second kappa shape index (κ2) is 5.01. The summed E-state index contributed by atoms with van der Waals surface area (Å²) in [7, 11) is 0. The fourth-order valence-electron chi connectivity index (χ4n) is 2.18. The van der Waals surface area contributed by atoms with Crippen LogP contribution in [-0.2, 0) is 0 Å². The largest absolute Gasteiger partial charge is 0.0955 e. The van der Waals surface area contributed by atoms with E-state index in [9.17, 15) is 0 Å². The summed E-state index contributed by atoms with van der Waals surface area (Å²) in [4.78, 5) is 0. The van der Waals surface area contributed by atoms with Crippen LogP contribution < -0.4 is 0 Å². The molecule has 0 aromatic heterocycles. The summed E-state index contributed by atoms with van der Waals surface area (Å²) in [6.07, 6.45) is 0. The van der Waals surface area contributed by atoms with E-state index in [1.807, 2.05) is 0 Å². The third-order valence-corrected chi connectivity index (χ3v) is 3.19. The highest BCUT2D eigenvalue weighted by Gasteiger charge is 2.11. The molecule has 0 aliphatic rings. The lowest BCUT2D eigenvalue weighted by Crippen LogP contribution is -1.99. The molecule has 0 fully saturated rings. The van der Waals surface area contributed by atoms with E-state index >= 15 is 0 Å². The number of hydrogen-bond donors (Lipinski definition) is 0. The van der Waals surface area contributed by atoms with E-state index in [-0.39, 0.29) is 0 Å². The minimum absolute atomic E-state index is 0.407. The third kappa shape index (κ3) is 2.47. The number of rotatable bonds is 3. The SMILES string of the molecule is C=C(C)c1ccccc1C(C)c1ccccc1. The van der Waals surface area contributed by atoms with Crippen molar-refractivity contribution in [3.05, 3.63) is 77.9 Å². The van der Waals surface area contributed by atoms with E-state index in [0.717, 1.165) is 5.57 Å². The van der Waals surface area contributed by atoms with Crippen LogP contribution in [0.2, 0.25) is 0 Å². The molecule has 17 heavy (non-hydrogen) atoms. The van der Waals surface area contributed by atoms with Gasteiger partial charge >= 0.3 is 0 Å². The average Bonchev–Trinajstić information content (AvgIpc) is 2.39. The zero-order chi connectivity index (χ0) is 12.3. The molecule has 0 spiro atoms. The van der Waals surface area contributed by atoms with Crippen molar-refractivity contribution in [3.63, 3.8) is 0 Å². The Labute approximate surface area is 104 Å². The van der Waals surface area contributed by atoms with Crippen LogP contribution in [0.5, 0.6) is 0 Å². The Morgan fingerprint density at radius 1 is 0.941 bits per heavy atom. The Hall–Kier alpha value is -1.82. The smallest absolute Gasteiger partial charge is 0.00670 e. The summed E-state index contributed by atoms with van der Waals surface area (Å²) in [5, 5.41) is 0. The minimum atomic E-state index is 0.407. The van der Waals surface area contributed by atoms with Crippen LogP contribution in [0.3, 0.4) is 0 Å². The van der Waals surface area contributed by atoms with E-state index in [1.54, 1.807) is 0 Å². The van der Waals surface area contributed by atoms with Crippen LogP contribution in [0.1, 0.15) is 36.5 Å². The van der Waals surface area contributed by atoms with Gasteiger partial charge in [-0.1, -0.05) is 73.7 Å². The van der Waals surface area contributed by atoms with Crippen molar-refractivity contribution in [2.45, 2.75) is 19.8 Å². The van der Waals surface area contributed by atoms with Crippen LogP contribution in [-0.4, -0.2) is 0 Å². The van der Waals surface area contributed by atoms with Crippen molar-refractivity contribution < 1.29 is 0 Å². The molecule has 86 valence electrons. The molecule has 0 radical (unpaired) electrons. The van der Waals surface area contributed by atoms with Crippen LogP contribution in [0.15, 0.2) is 61.2 Å². The Kier molecular flexibility index (Phi) is 3.43. The number of allylic oxidation sites excluding steroid dienone is 1. The highest BCUT2D eigenvalue weighted by molar-refractivity contribution is 5.65. The van der Waals surface area contributed by atoms with E-state index in [0.29, 0.717) is 5.92 Å². The summed E-state index contributed by atoms with van der Waals surface area (Å²) in [6.45, 7) is 8.38. The van der Waals surface area contributed by atoms with Crippen LogP contribution in [0, 0.1) is 0 Å². The molecule has 2 aromatic rings. The fourth-order valence-corrected chi connectivity index (χ4v) is 2.18. The van der Waals surface area contributed by atoms with E-state index < -0.39 is 0 Å². The molecule has 0 heteroatoms. The molecule has 0 nitrogen and oxygen atoms in total. The van der Waals surface area contributed by atoms with Crippen molar-refractivity contribution in [1.82, 2.24) is 0 Å². The first kappa shape index (κ1) is 11.7. The van der Waals surface area contributed by atoms with Gasteiger partial charge in [-0.3, -0.25) is 0 Å². The third-order valence-electron chi connectivity index (χ3n) is 3.19. The summed E-state index contributed by atoms with van der Waals surface area (Å²) in [5.41, 5.74) is 5.10. The zero-order valence-corrected chi connectivity index (χ0v) is 10.5. The number of benzene rings is 2. The highest BCUT2D eigenvalue weighted by Crippen LogP contribution is 2.29. The maximum atomic E-state index is 4.06. The van der Waals surface area contributed by atoms with Gasteiger partial charge in [0, 0.05) is 5.92 Å². The van der Waals surface area contributed by atoms with Gasteiger partial charge in [0.05, 0.1) is 0 Å². The Morgan fingerprint density at radius 3 is 2.18 bits per heavy atom. The molecule has 0 bridgehead atoms. The minimum Gasteiger partial charge on any atom is -0.0955 e. The van der Waals surface area contributed by atoms with E-state index in [4.69, 9.17) is 0 Å². The van der Waals surface area contributed by atoms with Crippen molar-refractivity contribution in [2.75, 3.05) is 0 Å². The Morgan fingerprint density at radius 2 is 1.53 bits per heavy atom. The van der Waals surface area contributed by atoms with Gasteiger partial charge < -0.3 is 0 Å². The molecule has 0 saturated heterocycles. The normalized spacial score (nSPS) is 12.1. The first-order valence-corrected chi connectivity index (χ1v) is 6.00. The summed E-state index contributed by atoms with van der Waals surface area (Å²) in [6, 6.07) is 19.1. The maximum absolute atomic E-state index is 4.06. The van der Waals surface area contributed by atoms with Crippen molar-refractivity contribution >= 4 is 5.57 Å². The molecular formula is C17H18. The summed E-state index contributed by atoms with van der Waals surface area (Å²) in [5.74, 6) is 0.407. The molecule has 0 aliphatic carbocycles. The Balaban J connectivity index is 2.44. The van der Waals surface area contributed by atoms with E-state index in [1.165, 1.54) is 16.7 Å². The predicted molar refractivity (Wildman–Crippen MR) is 75.1 cm³/mol. The van der Waals surface area contributed by atoms with Crippen LogP contribution >= 0.6 is 0 Å². The fraction of sp³-hybridized carbons (Fsp3) is 0.176. The molecule has 0 amide bonds. The summed E-state index contributed by atoms with van der Waals surface area (Å²) < 4.78 is 0. The van der Waals surface area contributed by atoms with Crippen LogP contribution in [0.25, 0.3) is 5.57 Å². The standard InChI is InChI=1S/C17H18/c1-13(2)16-11-7-8-12-17(16)14(3)15-9-5-4-6-10-15/h4-12,14H,1H2,2-3H3. The molecule has 1 unspecified atom stereocenters. The van der Waals surface area contributed by atoms with Gasteiger partial charge in [-0.15, -0.1) is 0 Å². The predicted octanol–water partition coefficient (Wildman–Crippen LogP) is 4.87. The lowest BCUT2D eigenvalue weighted by Gasteiger charge is -2.17. The molecule has 2 aromatic carbocycles. The lowest BCUT2D eigenvalue weighted by molar-refractivity contribution is 0.917. The topological polar surface area (TPSA) is 0 Å². The molecule has 2 rings (SSSR count). The van der Waals surface area contributed by atoms with Crippen molar-refractivity contribution in [2.24, 2.45) is 0 Å². The van der Waals surface area contributed by atoms with Gasteiger partial charge in [0.15, 0.2) is 0 Å². The number of hydrogen-bond acceptors (Lipinski definition) is 0. The molecular weight excluding hydrogens is 204 g/mol. The van der Waals surface area contributed by atoms with Crippen molar-refractivity contribution in [3.8, 4) is 0 Å². The highest BCUT2D eigenvalue weighted by atomic mass is 14.2. The van der Waals surface area contributed by atoms with Gasteiger partial charge in [-0.25, -0.2) is 0 Å². The first-order valence-electron chi connectivity index (χ1n) is 6.00. The quantitative estimate of drug-likeness (QED) is 0.695. The molecule has 1 atom stereocenters. The molecule has 0 N–H and O–H groups in total. The van der Waals surface area contributed by atoms with Gasteiger partial charge in [0.1, 0.15) is 0 Å². The van der Waals surface area contributed by atoms with Gasteiger partial charge in [-0.2, -0.15) is 0 Å². The zero-order valence-electron chi connectivity index (χ0n) is 10.5. The molecule has 0 saturated carbocycles. The summed E-state index contributed by atoms with van der Waals surface area (Å²) >= 11 is 0. The van der Waals surface area contributed by atoms with Gasteiger partial charge in [0.2, 0.25) is 0 Å². The first-order chi connectivity index (χ1) is 8.20. The van der Waals surface area contributed by atoms with Gasteiger partial charge in [-0.05, 0) is 23.6 Å². The monoisotopic (exact) mass is 222 g/mol. The second-order valence-electron chi connectivity index (χ2n) is 4.50. The lowest BCUT2D eigenvalue weighted by atomic mass is 9.88. The second-order valence-corrected chi connectivity index (χ2v) is 4.50. The van der Waals surface area contributed by atoms with E-state index in [2.05, 4.69) is 75.0 Å². The van der Waals surface area contributed by atoms with Crippen molar-refractivity contribution in [1.29, 1.82) is 0 Å².